The molecule has 1 aromatic rings. The fourth-order valence-corrected chi connectivity index (χ4v) is 2.65. The van der Waals surface area contributed by atoms with Gasteiger partial charge in [0.1, 0.15) is 6.61 Å². The largest absolute Gasteiger partial charge is 0.475 e. The summed E-state index contributed by atoms with van der Waals surface area (Å²) in [6, 6.07) is 3.87. The summed E-state index contributed by atoms with van der Waals surface area (Å²) in [6.07, 6.45) is 3.90. The second-order valence-electron chi connectivity index (χ2n) is 6.26. The van der Waals surface area contributed by atoms with Crippen molar-refractivity contribution >= 4 is 29.9 Å². The second kappa shape index (κ2) is 12.3. The summed E-state index contributed by atoms with van der Waals surface area (Å²) in [5, 5.41) is 6.65. The molecule has 0 aromatic carbocycles. The van der Waals surface area contributed by atoms with Gasteiger partial charge in [0, 0.05) is 38.6 Å². The monoisotopic (exact) mass is 478 g/mol. The number of hydrogen-bond acceptors (Lipinski definition) is 5. The zero-order valence-electron chi connectivity index (χ0n) is 15.9. The Hall–Kier alpha value is -1.13. The Morgan fingerprint density at radius 2 is 2.23 bits per heavy atom. The number of hydrogen-bond donors (Lipinski definition) is 2. The number of nitrogens with zero attached hydrogens (tertiary/aromatic N) is 2. The molecule has 1 aliphatic heterocycles. The number of guanidine groups is 1. The summed E-state index contributed by atoms with van der Waals surface area (Å²) >= 11 is 0. The van der Waals surface area contributed by atoms with Crippen molar-refractivity contribution in [1.29, 1.82) is 0 Å². The highest BCUT2D eigenvalue weighted by Gasteiger charge is 2.29. The number of rotatable bonds is 9. The molecule has 0 amide bonds. The van der Waals surface area contributed by atoms with Crippen LogP contribution in [-0.4, -0.2) is 56.6 Å². The molecule has 0 saturated carbocycles. The summed E-state index contributed by atoms with van der Waals surface area (Å²) < 4.78 is 16.5. The van der Waals surface area contributed by atoms with Gasteiger partial charge in [-0.3, -0.25) is 0 Å². The van der Waals surface area contributed by atoms with E-state index in [0.717, 1.165) is 44.1 Å². The Morgan fingerprint density at radius 3 is 2.92 bits per heavy atom. The molecule has 1 aliphatic rings. The quantitative estimate of drug-likeness (QED) is 0.246. The predicted octanol–water partition coefficient (Wildman–Crippen LogP) is 2.35. The first kappa shape index (κ1) is 22.9. The van der Waals surface area contributed by atoms with Crippen molar-refractivity contribution in [2.75, 3.05) is 40.0 Å². The van der Waals surface area contributed by atoms with Gasteiger partial charge in [0.2, 0.25) is 5.88 Å². The summed E-state index contributed by atoms with van der Waals surface area (Å²) in [6.45, 7) is 8.05. The Bertz CT molecular complexity index is 551. The molecule has 1 fully saturated rings. The predicted molar refractivity (Wildman–Crippen MR) is 113 cm³/mol. The van der Waals surface area contributed by atoms with E-state index in [1.165, 1.54) is 0 Å². The lowest BCUT2D eigenvalue weighted by molar-refractivity contribution is 0.0243. The van der Waals surface area contributed by atoms with E-state index in [4.69, 9.17) is 14.2 Å². The molecule has 8 heteroatoms. The third-order valence-corrected chi connectivity index (χ3v) is 4.06. The maximum absolute atomic E-state index is 5.82. The maximum atomic E-state index is 5.82. The van der Waals surface area contributed by atoms with Gasteiger partial charge in [0.25, 0.3) is 0 Å². The summed E-state index contributed by atoms with van der Waals surface area (Å²) in [5.41, 5.74) is 0.831. The van der Waals surface area contributed by atoms with Gasteiger partial charge in [-0.2, -0.15) is 0 Å². The van der Waals surface area contributed by atoms with Gasteiger partial charge in [-0.25, -0.2) is 9.98 Å². The standard InChI is InChI=1S/C18H30N4O3.HI/c1-4-19-17(22-14-18(2)8-6-10-25-18)21-13-15-7-5-9-20-16(15)24-12-11-23-3;/h5,7,9H,4,6,8,10-14H2,1-3H3,(H2,19,21,22);1H. The second-order valence-corrected chi connectivity index (χ2v) is 6.26. The molecule has 7 nitrogen and oxygen atoms in total. The van der Waals surface area contributed by atoms with Crippen LogP contribution in [0.15, 0.2) is 23.3 Å². The number of pyridine rings is 1. The fourth-order valence-electron chi connectivity index (χ4n) is 2.65. The summed E-state index contributed by atoms with van der Waals surface area (Å²) in [7, 11) is 1.65. The number of ether oxygens (including phenoxy) is 3. The van der Waals surface area contributed by atoms with E-state index < -0.39 is 0 Å². The lowest BCUT2D eigenvalue weighted by Crippen LogP contribution is -2.45. The smallest absolute Gasteiger partial charge is 0.218 e. The first-order valence-electron chi connectivity index (χ1n) is 8.88. The molecule has 1 saturated heterocycles. The topological polar surface area (TPSA) is 77.0 Å². The van der Waals surface area contributed by atoms with Gasteiger partial charge >= 0.3 is 0 Å². The molecule has 2 heterocycles. The van der Waals surface area contributed by atoms with Crippen LogP contribution < -0.4 is 15.4 Å². The van der Waals surface area contributed by atoms with Crippen LogP contribution in [0.1, 0.15) is 32.3 Å². The molecule has 0 radical (unpaired) electrons. The minimum absolute atomic E-state index is 0. The van der Waals surface area contributed by atoms with E-state index >= 15 is 0 Å². The third-order valence-electron chi connectivity index (χ3n) is 4.06. The van der Waals surface area contributed by atoms with E-state index in [-0.39, 0.29) is 29.6 Å². The van der Waals surface area contributed by atoms with Crippen LogP contribution in [-0.2, 0) is 16.0 Å². The molecule has 26 heavy (non-hydrogen) atoms. The maximum Gasteiger partial charge on any atom is 0.218 e. The van der Waals surface area contributed by atoms with Crippen LogP contribution in [0.3, 0.4) is 0 Å². The van der Waals surface area contributed by atoms with Gasteiger partial charge in [-0.1, -0.05) is 6.07 Å². The van der Waals surface area contributed by atoms with E-state index in [2.05, 4.69) is 27.5 Å². The fraction of sp³-hybridized carbons (Fsp3) is 0.667. The van der Waals surface area contributed by atoms with Crippen LogP contribution in [0.4, 0.5) is 0 Å². The van der Waals surface area contributed by atoms with Crippen LogP contribution in [0.5, 0.6) is 5.88 Å². The van der Waals surface area contributed by atoms with Crippen molar-refractivity contribution in [2.45, 2.75) is 38.8 Å². The van der Waals surface area contributed by atoms with Crippen LogP contribution in [0, 0.1) is 0 Å². The highest BCUT2D eigenvalue weighted by molar-refractivity contribution is 14.0. The van der Waals surface area contributed by atoms with Crippen molar-refractivity contribution in [1.82, 2.24) is 15.6 Å². The zero-order chi connectivity index (χ0) is 18.0. The lowest BCUT2D eigenvalue weighted by Gasteiger charge is -2.24. The Labute approximate surface area is 173 Å². The third kappa shape index (κ3) is 7.63. The summed E-state index contributed by atoms with van der Waals surface area (Å²) in [4.78, 5) is 8.94. The van der Waals surface area contributed by atoms with E-state index in [0.29, 0.717) is 25.6 Å². The molecule has 1 unspecified atom stereocenters. The number of aromatic nitrogens is 1. The van der Waals surface area contributed by atoms with E-state index in [9.17, 15) is 0 Å². The first-order valence-corrected chi connectivity index (χ1v) is 8.88. The molecule has 2 rings (SSSR count). The average Bonchev–Trinajstić information content (AvgIpc) is 3.05. The molecule has 148 valence electrons. The molecule has 0 bridgehead atoms. The van der Waals surface area contributed by atoms with Crippen LogP contribution >= 0.6 is 24.0 Å². The van der Waals surface area contributed by atoms with Crippen molar-refractivity contribution in [3.63, 3.8) is 0 Å². The van der Waals surface area contributed by atoms with E-state index in [1.54, 1.807) is 13.3 Å². The van der Waals surface area contributed by atoms with Gasteiger partial charge in [-0.05, 0) is 32.8 Å². The van der Waals surface area contributed by atoms with Gasteiger partial charge in [0.15, 0.2) is 5.96 Å². The van der Waals surface area contributed by atoms with Gasteiger partial charge in [0.05, 0.1) is 18.8 Å². The molecular formula is C18H31IN4O3. The van der Waals surface area contributed by atoms with Gasteiger partial charge < -0.3 is 24.8 Å². The zero-order valence-corrected chi connectivity index (χ0v) is 18.2. The van der Waals surface area contributed by atoms with Crippen LogP contribution in [0.25, 0.3) is 0 Å². The number of nitrogens with one attached hydrogen (secondary N) is 2. The SMILES string of the molecule is CCNC(=NCc1cccnc1OCCOC)NCC1(C)CCCO1.I. The number of methoxy groups -OCH3 is 1. The molecule has 2 N–H and O–H groups in total. The van der Waals surface area contributed by atoms with Crippen molar-refractivity contribution < 1.29 is 14.2 Å². The number of halogens is 1. The molecule has 0 spiro atoms. The Morgan fingerprint density at radius 1 is 1.38 bits per heavy atom. The first-order chi connectivity index (χ1) is 12.2. The summed E-state index contributed by atoms with van der Waals surface area (Å²) in [5.74, 6) is 1.37. The molecule has 0 aliphatic carbocycles. The van der Waals surface area contributed by atoms with Crippen LogP contribution in [0.2, 0.25) is 0 Å². The lowest BCUT2D eigenvalue weighted by atomic mass is 10.0. The molecular weight excluding hydrogens is 447 g/mol. The minimum Gasteiger partial charge on any atom is -0.475 e. The minimum atomic E-state index is -0.112. The normalized spacial score (nSPS) is 19.7. The van der Waals surface area contributed by atoms with Crippen molar-refractivity contribution in [3.8, 4) is 5.88 Å². The highest BCUT2D eigenvalue weighted by atomic mass is 127. The number of aliphatic imine (C=N–C) groups is 1. The Balaban J connectivity index is 0.00000338. The average molecular weight is 478 g/mol. The van der Waals surface area contributed by atoms with Crippen molar-refractivity contribution in [2.24, 2.45) is 4.99 Å². The van der Waals surface area contributed by atoms with Gasteiger partial charge in [-0.15, -0.1) is 24.0 Å². The molecule has 1 atom stereocenters. The highest BCUT2D eigenvalue weighted by Crippen LogP contribution is 2.23. The van der Waals surface area contributed by atoms with E-state index in [1.807, 2.05) is 19.1 Å². The van der Waals surface area contributed by atoms with Crippen molar-refractivity contribution in [3.05, 3.63) is 23.9 Å². The Kier molecular flexibility index (Phi) is 10.8. The molecule has 1 aromatic heterocycles.